The Balaban J connectivity index is 0. The first-order valence-corrected chi connectivity index (χ1v) is 0. The Morgan fingerprint density at radius 1 is 1.00 bits per heavy atom. The molecule has 0 saturated heterocycles. The first-order valence-electron chi connectivity index (χ1n) is 0. The van der Waals surface area contributed by atoms with E-state index in [1.165, 1.54) is 0 Å². The molecule has 0 amide bonds. The second-order valence-electron chi connectivity index (χ2n) is 0. The predicted octanol–water partition coefficient (Wildman–Crippen LogP) is -1.19. The van der Waals surface area contributed by atoms with Gasteiger partial charge in [-0.1, -0.05) is 0 Å². The van der Waals surface area contributed by atoms with E-state index in [1.54, 1.807) is 0 Å². The molecule has 4 heavy (non-hydrogen) atoms. The molecule has 0 nitrogen and oxygen atoms in total. The summed E-state index contributed by atoms with van der Waals surface area (Å²) in [6.45, 7) is 0. The summed E-state index contributed by atoms with van der Waals surface area (Å²) >= 11 is 0. The zero-order chi connectivity index (χ0) is 0. The van der Waals surface area contributed by atoms with Gasteiger partial charge in [-0.3, -0.25) is 0 Å². The summed E-state index contributed by atoms with van der Waals surface area (Å²) in [6.07, 6.45) is 0. The third-order valence-electron chi connectivity index (χ3n) is 0. The number of hydrogen-bond acceptors (Lipinski definition) is 0. The van der Waals surface area contributed by atoms with Crippen molar-refractivity contribution in [2.24, 2.45) is 0 Å². The van der Waals surface area contributed by atoms with Crippen LogP contribution in [-0.2, 0) is 67.4 Å². The van der Waals surface area contributed by atoms with Gasteiger partial charge in [0.05, 0.1) is 0 Å². The smallest absolute Gasteiger partial charge is 0 e. The maximum absolute atomic E-state index is 0. The number of hydrogen-bond donors (Lipinski definition) is 0. The largest absolute Gasteiger partial charge is 0.187 e. The summed E-state index contributed by atoms with van der Waals surface area (Å²) in [4.78, 5) is 0. The first-order chi connectivity index (χ1) is 0. The molecule has 0 rings (SSSR count). The van der Waals surface area contributed by atoms with Crippen LogP contribution in [-0.4, -0.2) is 17.4 Å². The third kappa shape index (κ3) is 8.83. The fourth-order valence-corrected chi connectivity index (χ4v) is 0. The Bertz CT molecular complexity index is 8.00. The first kappa shape index (κ1) is 29.5. The average molecular weight is 234 g/mol. The van der Waals surface area contributed by atoms with Gasteiger partial charge >= 0.3 is 0 Å². The number of rotatable bonds is 0. The van der Waals surface area contributed by atoms with Crippen LogP contribution in [0.2, 0.25) is 0 Å². The molecule has 0 radical (unpaired) electrons. The van der Waals surface area contributed by atoms with Crippen molar-refractivity contribution in [2.75, 3.05) is 0 Å². The topological polar surface area (TPSA) is 0 Å². The molecule has 0 aromatic carbocycles. The molecular weight excluding hydrogens is 231 g/mol. The zero-order valence-corrected chi connectivity index (χ0v) is 8.69. The van der Waals surface area contributed by atoms with Crippen LogP contribution in [0.5, 0.6) is 0 Å². The molecule has 0 aliphatic rings. The summed E-state index contributed by atoms with van der Waals surface area (Å²) in [6, 6.07) is 0. The van der Waals surface area contributed by atoms with E-state index < -0.39 is 0 Å². The van der Waals surface area contributed by atoms with E-state index in [0.717, 1.165) is 0 Å². The van der Waals surface area contributed by atoms with E-state index >= 15 is 0 Å². The molecular formula is H3AlTiZnZr. The van der Waals surface area contributed by atoms with Crippen molar-refractivity contribution < 1.29 is 67.4 Å². The normalized spacial score (nSPS) is 0. The summed E-state index contributed by atoms with van der Waals surface area (Å²) in [7, 11) is 0. The monoisotopic (exact) mass is 232 g/mol. The Morgan fingerprint density at radius 3 is 1.00 bits per heavy atom. The van der Waals surface area contributed by atoms with E-state index in [9.17, 15) is 0 Å². The standard InChI is InChI=1S/Al.Ti.Zn.Zr.3H. The molecule has 0 N–H and O–H groups in total. The van der Waals surface area contributed by atoms with Crippen LogP contribution >= 0.6 is 0 Å². The Labute approximate surface area is 83.4 Å². The Morgan fingerprint density at radius 2 is 1.00 bits per heavy atom. The van der Waals surface area contributed by atoms with Gasteiger partial charge in [-0.05, 0) is 0 Å². The van der Waals surface area contributed by atoms with Gasteiger partial charge in [0.25, 0.3) is 0 Å². The molecule has 4 heteroatoms. The van der Waals surface area contributed by atoms with Crippen molar-refractivity contribution in [1.82, 2.24) is 0 Å². The summed E-state index contributed by atoms with van der Waals surface area (Å²) in [5, 5.41) is 0. The molecule has 16 valence electrons. The molecule has 0 fully saturated rings. The van der Waals surface area contributed by atoms with Gasteiger partial charge in [-0.25, -0.2) is 0 Å². The molecule has 0 aromatic heterocycles. The van der Waals surface area contributed by atoms with Crippen LogP contribution in [0.3, 0.4) is 0 Å². The van der Waals surface area contributed by atoms with Crippen LogP contribution in [0, 0.1) is 0 Å². The summed E-state index contributed by atoms with van der Waals surface area (Å²) < 4.78 is 0. The van der Waals surface area contributed by atoms with Crippen LogP contribution in [0.1, 0.15) is 0 Å². The molecule has 0 unspecified atom stereocenters. The van der Waals surface area contributed by atoms with Gasteiger partial charge in [0.1, 0.15) is 0 Å². The van der Waals surface area contributed by atoms with Gasteiger partial charge in [-0.15, -0.1) is 0 Å². The van der Waals surface area contributed by atoms with Crippen molar-refractivity contribution in [3.63, 3.8) is 0 Å². The van der Waals surface area contributed by atoms with Crippen LogP contribution in [0.25, 0.3) is 0 Å². The maximum atomic E-state index is 0. The van der Waals surface area contributed by atoms with Crippen molar-refractivity contribution in [3.05, 3.63) is 0 Å². The molecule has 0 spiro atoms. The van der Waals surface area contributed by atoms with Gasteiger partial charge < -0.3 is 0 Å². The molecule has 0 heterocycles. The van der Waals surface area contributed by atoms with Gasteiger partial charge in [0.15, 0.2) is 17.4 Å². The zero-order valence-electron chi connectivity index (χ0n) is 1.71. The molecule has 0 bridgehead atoms. The fourth-order valence-electron chi connectivity index (χ4n) is 0. The van der Waals surface area contributed by atoms with E-state index in [4.69, 9.17) is 0 Å². The summed E-state index contributed by atoms with van der Waals surface area (Å²) in [5.74, 6) is 0. The Hall–Kier alpha value is 2.75. The molecule has 0 saturated carbocycles. The van der Waals surface area contributed by atoms with E-state index in [-0.39, 0.29) is 84.8 Å². The van der Waals surface area contributed by atoms with Crippen molar-refractivity contribution in [2.45, 2.75) is 0 Å². The van der Waals surface area contributed by atoms with Gasteiger partial charge in [-0.2, -0.15) is 0 Å². The fraction of sp³-hybridized carbons (Fsp3) is 0. The average Bonchev–Trinajstić information content (AvgIpc) is 0. The maximum Gasteiger partial charge on any atom is 0.187 e. The van der Waals surface area contributed by atoms with E-state index in [2.05, 4.69) is 0 Å². The van der Waals surface area contributed by atoms with E-state index in [1.807, 2.05) is 0 Å². The molecule has 0 atom stereocenters. The molecule has 0 aromatic rings. The van der Waals surface area contributed by atoms with Crippen LogP contribution in [0.15, 0.2) is 0 Å². The minimum absolute atomic E-state index is 0. The van der Waals surface area contributed by atoms with Crippen molar-refractivity contribution >= 4 is 17.4 Å². The van der Waals surface area contributed by atoms with Crippen molar-refractivity contribution in [1.29, 1.82) is 0 Å². The minimum atomic E-state index is 0. The van der Waals surface area contributed by atoms with Gasteiger partial charge in [0, 0.05) is 67.4 Å². The quantitative estimate of drug-likeness (QED) is 0.463. The third-order valence-corrected chi connectivity index (χ3v) is 0. The Kier molecular flexibility index (Phi) is 126. The summed E-state index contributed by atoms with van der Waals surface area (Å²) in [5.41, 5.74) is 0. The predicted molar refractivity (Wildman–Crippen MR) is 9.94 cm³/mol. The molecule has 0 aliphatic heterocycles. The van der Waals surface area contributed by atoms with Gasteiger partial charge in [0.2, 0.25) is 0 Å². The van der Waals surface area contributed by atoms with E-state index in [0.29, 0.717) is 0 Å². The van der Waals surface area contributed by atoms with Crippen LogP contribution < -0.4 is 0 Å². The second kappa shape index (κ2) is 17.1. The van der Waals surface area contributed by atoms with Crippen LogP contribution in [0.4, 0.5) is 0 Å². The van der Waals surface area contributed by atoms with Crippen molar-refractivity contribution in [3.8, 4) is 0 Å². The second-order valence-corrected chi connectivity index (χ2v) is 0. The minimum Gasteiger partial charge on any atom is 0 e. The SMILES string of the molecule is [AlH3].[Ti].[Zn].[Zr]. The molecule has 0 aliphatic carbocycles.